The molecule has 1 aromatic heterocycles. The molecule has 0 spiro atoms. The van der Waals surface area contributed by atoms with E-state index in [1.165, 1.54) is 18.3 Å². The highest BCUT2D eigenvalue weighted by Gasteiger charge is 2.17. The van der Waals surface area contributed by atoms with Gasteiger partial charge in [0, 0.05) is 20.0 Å². The number of carbonyl (C=O) groups is 2. The van der Waals surface area contributed by atoms with Crippen LogP contribution < -0.4 is 0 Å². The van der Waals surface area contributed by atoms with Crippen LogP contribution in [0, 0.1) is 0 Å². The Kier molecular flexibility index (Phi) is 4.75. The fourth-order valence-electron chi connectivity index (χ4n) is 1.47. The topological polar surface area (TPSA) is 59.8 Å². The summed E-state index contributed by atoms with van der Waals surface area (Å²) < 4.78 is 9.71. The summed E-state index contributed by atoms with van der Waals surface area (Å²) in [6.45, 7) is 2.25. The number of rotatable bonds is 5. The second-order valence-corrected chi connectivity index (χ2v) is 3.66. The standard InChI is InChI=1S/C12H17NO4/c1-4-10-9(6-8-17-10)12(15)13(2)7-5-11(14)16-3/h6,8H,4-5,7H2,1-3H3. The molecule has 17 heavy (non-hydrogen) atoms. The van der Waals surface area contributed by atoms with Crippen LogP contribution in [-0.4, -0.2) is 37.5 Å². The van der Waals surface area contributed by atoms with Crippen molar-refractivity contribution in [2.24, 2.45) is 0 Å². The van der Waals surface area contributed by atoms with Crippen LogP contribution in [0.15, 0.2) is 16.7 Å². The van der Waals surface area contributed by atoms with Crippen LogP contribution in [-0.2, 0) is 16.0 Å². The largest absolute Gasteiger partial charge is 0.469 e. The molecule has 1 amide bonds. The average molecular weight is 239 g/mol. The van der Waals surface area contributed by atoms with Crippen molar-refractivity contribution in [2.45, 2.75) is 19.8 Å². The Labute approximate surface area is 100 Å². The lowest BCUT2D eigenvalue weighted by Gasteiger charge is -2.16. The van der Waals surface area contributed by atoms with Crippen molar-refractivity contribution in [3.05, 3.63) is 23.7 Å². The molecule has 5 nitrogen and oxygen atoms in total. The van der Waals surface area contributed by atoms with E-state index in [-0.39, 0.29) is 18.3 Å². The minimum atomic E-state index is -0.326. The minimum absolute atomic E-state index is 0.139. The highest BCUT2D eigenvalue weighted by Crippen LogP contribution is 2.13. The molecule has 1 heterocycles. The Morgan fingerprint density at radius 3 is 2.76 bits per heavy atom. The Bertz CT molecular complexity index is 397. The zero-order valence-electron chi connectivity index (χ0n) is 10.4. The summed E-state index contributed by atoms with van der Waals surface area (Å²) in [4.78, 5) is 24.5. The number of esters is 1. The number of methoxy groups -OCH3 is 1. The maximum absolute atomic E-state index is 12.0. The highest BCUT2D eigenvalue weighted by molar-refractivity contribution is 5.95. The first kappa shape index (κ1) is 13.3. The van der Waals surface area contributed by atoms with Gasteiger partial charge < -0.3 is 14.1 Å². The zero-order chi connectivity index (χ0) is 12.8. The van der Waals surface area contributed by atoms with Gasteiger partial charge in [0.05, 0.1) is 25.4 Å². The predicted molar refractivity (Wildman–Crippen MR) is 61.7 cm³/mol. The van der Waals surface area contributed by atoms with Crippen LogP contribution in [0.3, 0.4) is 0 Å². The van der Waals surface area contributed by atoms with E-state index in [0.717, 1.165) is 0 Å². The van der Waals surface area contributed by atoms with Gasteiger partial charge in [-0.25, -0.2) is 0 Å². The van der Waals surface area contributed by atoms with E-state index >= 15 is 0 Å². The summed E-state index contributed by atoms with van der Waals surface area (Å²) in [5, 5.41) is 0. The van der Waals surface area contributed by atoms with Gasteiger partial charge in [0.1, 0.15) is 5.76 Å². The highest BCUT2D eigenvalue weighted by atomic mass is 16.5. The molecule has 0 fully saturated rings. The molecular formula is C12H17NO4. The second kappa shape index (κ2) is 6.08. The van der Waals surface area contributed by atoms with Crippen molar-refractivity contribution in [1.29, 1.82) is 0 Å². The van der Waals surface area contributed by atoms with Gasteiger partial charge in [0.25, 0.3) is 5.91 Å². The zero-order valence-corrected chi connectivity index (χ0v) is 10.4. The van der Waals surface area contributed by atoms with Crippen molar-refractivity contribution in [3.8, 4) is 0 Å². The smallest absolute Gasteiger partial charge is 0.307 e. The number of ether oxygens (including phenoxy) is 1. The van der Waals surface area contributed by atoms with Crippen LogP contribution in [0.1, 0.15) is 29.5 Å². The van der Waals surface area contributed by atoms with E-state index in [0.29, 0.717) is 24.3 Å². The number of carbonyl (C=O) groups excluding carboxylic acids is 2. The van der Waals surface area contributed by atoms with Gasteiger partial charge in [-0.2, -0.15) is 0 Å². The molecule has 0 atom stereocenters. The molecule has 0 aliphatic heterocycles. The van der Waals surface area contributed by atoms with E-state index < -0.39 is 0 Å². The molecule has 0 aromatic carbocycles. The number of aryl methyl sites for hydroxylation is 1. The van der Waals surface area contributed by atoms with Crippen LogP contribution in [0.2, 0.25) is 0 Å². The van der Waals surface area contributed by atoms with Crippen molar-refractivity contribution < 1.29 is 18.7 Å². The maximum Gasteiger partial charge on any atom is 0.307 e. The molecule has 0 radical (unpaired) electrons. The molecule has 1 aromatic rings. The third kappa shape index (κ3) is 3.34. The van der Waals surface area contributed by atoms with Crippen molar-refractivity contribution in [2.75, 3.05) is 20.7 Å². The molecule has 5 heteroatoms. The van der Waals surface area contributed by atoms with Crippen molar-refractivity contribution >= 4 is 11.9 Å². The number of furan rings is 1. The Morgan fingerprint density at radius 2 is 2.18 bits per heavy atom. The fraction of sp³-hybridized carbons (Fsp3) is 0.500. The molecule has 0 aliphatic rings. The lowest BCUT2D eigenvalue weighted by Crippen LogP contribution is -2.29. The van der Waals surface area contributed by atoms with Crippen LogP contribution in [0.25, 0.3) is 0 Å². The summed E-state index contributed by atoms with van der Waals surface area (Å²) in [6, 6.07) is 1.65. The van der Waals surface area contributed by atoms with Gasteiger partial charge >= 0.3 is 5.97 Å². The lowest BCUT2D eigenvalue weighted by atomic mass is 10.2. The van der Waals surface area contributed by atoms with Gasteiger partial charge in [-0.05, 0) is 6.07 Å². The first-order valence-corrected chi connectivity index (χ1v) is 5.48. The molecule has 0 saturated carbocycles. The molecule has 94 valence electrons. The molecule has 1 rings (SSSR count). The van der Waals surface area contributed by atoms with E-state index in [9.17, 15) is 9.59 Å². The third-order valence-corrected chi connectivity index (χ3v) is 2.52. The normalized spacial score (nSPS) is 10.1. The molecule has 0 saturated heterocycles. The van der Waals surface area contributed by atoms with E-state index in [1.54, 1.807) is 13.1 Å². The van der Waals surface area contributed by atoms with Gasteiger partial charge in [-0.1, -0.05) is 6.92 Å². The monoisotopic (exact) mass is 239 g/mol. The first-order valence-electron chi connectivity index (χ1n) is 5.48. The van der Waals surface area contributed by atoms with Crippen molar-refractivity contribution in [1.82, 2.24) is 4.90 Å². The summed E-state index contributed by atoms with van der Waals surface area (Å²) in [5.74, 6) is 0.201. The number of hydrogen-bond donors (Lipinski definition) is 0. The van der Waals surface area contributed by atoms with Crippen LogP contribution in [0.5, 0.6) is 0 Å². The van der Waals surface area contributed by atoms with Crippen molar-refractivity contribution in [3.63, 3.8) is 0 Å². The van der Waals surface area contributed by atoms with Gasteiger partial charge in [0.2, 0.25) is 0 Å². The Balaban J connectivity index is 2.61. The Hall–Kier alpha value is -1.78. The summed E-state index contributed by atoms with van der Waals surface area (Å²) in [5.41, 5.74) is 0.555. The third-order valence-electron chi connectivity index (χ3n) is 2.52. The molecule has 0 N–H and O–H groups in total. The fourth-order valence-corrected chi connectivity index (χ4v) is 1.47. The lowest BCUT2D eigenvalue weighted by molar-refractivity contribution is -0.140. The maximum atomic E-state index is 12.0. The Morgan fingerprint density at radius 1 is 1.47 bits per heavy atom. The molecular weight excluding hydrogens is 222 g/mol. The van der Waals surface area contributed by atoms with Gasteiger partial charge in [0.15, 0.2) is 0 Å². The molecule has 0 unspecified atom stereocenters. The number of amides is 1. The first-order chi connectivity index (χ1) is 8.10. The second-order valence-electron chi connectivity index (χ2n) is 3.66. The van der Waals surface area contributed by atoms with Gasteiger partial charge in [-0.3, -0.25) is 9.59 Å². The van der Waals surface area contributed by atoms with Gasteiger partial charge in [-0.15, -0.1) is 0 Å². The van der Waals surface area contributed by atoms with Crippen LogP contribution in [0.4, 0.5) is 0 Å². The summed E-state index contributed by atoms with van der Waals surface area (Å²) >= 11 is 0. The van der Waals surface area contributed by atoms with E-state index in [4.69, 9.17) is 4.42 Å². The van der Waals surface area contributed by atoms with E-state index in [2.05, 4.69) is 4.74 Å². The molecule has 0 bridgehead atoms. The van der Waals surface area contributed by atoms with E-state index in [1.807, 2.05) is 6.92 Å². The quantitative estimate of drug-likeness (QED) is 0.730. The van der Waals surface area contributed by atoms with Crippen LogP contribution >= 0.6 is 0 Å². The minimum Gasteiger partial charge on any atom is -0.469 e. The molecule has 0 aliphatic carbocycles. The average Bonchev–Trinajstić information content (AvgIpc) is 2.82. The summed E-state index contributed by atoms with van der Waals surface area (Å²) in [6.07, 6.45) is 2.36. The SMILES string of the molecule is CCc1occc1C(=O)N(C)CCC(=O)OC. The number of hydrogen-bond acceptors (Lipinski definition) is 4. The summed E-state index contributed by atoms with van der Waals surface area (Å²) in [7, 11) is 2.98. The number of nitrogens with zero attached hydrogens (tertiary/aromatic N) is 1. The predicted octanol–water partition coefficient (Wildman–Crippen LogP) is 1.48.